The van der Waals surface area contributed by atoms with Gasteiger partial charge in [-0.25, -0.2) is 8.42 Å². The fraction of sp³-hybridized carbons (Fsp3) is 0.316. The molecule has 2 rings (SSSR count). The van der Waals surface area contributed by atoms with Crippen molar-refractivity contribution >= 4 is 33.2 Å². The minimum absolute atomic E-state index is 0.0664. The Morgan fingerprint density at radius 3 is 2.53 bits per heavy atom. The number of halogens is 4. The van der Waals surface area contributed by atoms with Gasteiger partial charge in [-0.15, -0.1) is 0 Å². The number of anilines is 1. The normalized spacial score (nSPS) is 11.8. The number of carbonyl (C=O) groups excluding carboxylic acids is 1. The zero-order chi connectivity index (χ0) is 22.4. The van der Waals surface area contributed by atoms with E-state index in [-0.39, 0.29) is 33.9 Å². The summed E-state index contributed by atoms with van der Waals surface area (Å²) in [6.07, 6.45) is -2.85. The first-order valence-electron chi connectivity index (χ1n) is 8.92. The fourth-order valence-electron chi connectivity index (χ4n) is 2.34. The number of nitrogens with one attached hydrogen (secondary N) is 2. The first kappa shape index (κ1) is 23.8. The number of unbranched alkanes of at least 4 members (excludes halogenated alkanes) is 1. The smallest absolute Gasteiger partial charge is 0.416 e. The minimum Gasteiger partial charge on any atom is -0.482 e. The molecule has 0 heterocycles. The van der Waals surface area contributed by atoms with Crippen molar-refractivity contribution in [2.75, 3.05) is 17.9 Å². The zero-order valence-electron chi connectivity index (χ0n) is 15.9. The van der Waals surface area contributed by atoms with Crippen molar-refractivity contribution in [2.45, 2.75) is 30.8 Å². The molecule has 0 aliphatic carbocycles. The van der Waals surface area contributed by atoms with Crippen LogP contribution in [0.4, 0.5) is 18.9 Å². The van der Waals surface area contributed by atoms with Gasteiger partial charge in [-0.3, -0.25) is 9.52 Å². The topological polar surface area (TPSA) is 84.5 Å². The van der Waals surface area contributed by atoms with E-state index in [0.29, 0.717) is 12.6 Å². The van der Waals surface area contributed by atoms with Gasteiger partial charge in [-0.05, 0) is 42.8 Å². The van der Waals surface area contributed by atoms with E-state index < -0.39 is 21.8 Å². The van der Waals surface area contributed by atoms with Crippen LogP contribution in [0.25, 0.3) is 0 Å². The highest BCUT2D eigenvalue weighted by atomic mass is 35.5. The molecule has 0 spiro atoms. The maximum atomic E-state index is 12.8. The van der Waals surface area contributed by atoms with Crippen LogP contribution in [0.2, 0.25) is 5.02 Å². The number of hydrogen-bond acceptors (Lipinski definition) is 4. The number of rotatable bonds is 9. The average molecular weight is 465 g/mol. The van der Waals surface area contributed by atoms with E-state index in [1.165, 1.54) is 18.2 Å². The van der Waals surface area contributed by atoms with E-state index in [1.54, 1.807) is 0 Å². The summed E-state index contributed by atoms with van der Waals surface area (Å²) in [6.45, 7) is 2.21. The molecule has 11 heteroatoms. The molecular weight excluding hydrogens is 445 g/mol. The molecule has 0 atom stereocenters. The maximum absolute atomic E-state index is 12.8. The summed E-state index contributed by atoms with van der Waals surface area (Å²) in [5, 5.41) is 2.59. The lowest BCUT2D eigenvalue weighted by molar-refractivity contribution is -0.137. The number of ether oxygens (including phenoxy) is 1. The fourth-order valence-corrected chi connectivity index (χ4v) is 3.71. The van der Waals surface area contributed by atoms with Gasteiger partial charge in [0, 0.05) is 12.2 Å². The summed E-state index contributed by atoms with van der Waals surface area (Å²) in [4.78, 5) is 11.4. The molecule has 0 aliphatic rings. The van der Waals surface area contributed by atoms with Crippen LogP contribution in [-0.2, 0) is 21.0 Å². The first-order chi connectivity index (χ1) is 14.0. The second kappa shape index (κ2) is 10.0. The van der Waals surface area contributed by atoms with Crippen LogP contribution in [0.1, 0.15) is 25.3 Å². The lowest BCUT2D eigenvalue weighted by Gasteiger charge is -2.13. The Morgan fingerprint density at radius 2 is 1.90 bits per heavy atom. The molecule has 0 bridgehead atoms. The minimum atomic E-state index is -4.60. The van der Waals surface area contributed by atoms with Crippen molar-refractivity contribution in [3.8, 4) is 5.75 Å². The van der Waals surface area contributed by atoms with Gasteiger partial charge >= 0.3 is 6.18 Å². The average Bonchev–Trinajstić information content (AvgIpc) is 2.66. The van der Waals surface area contributed by atoms with Gasteiger partial charge in [0.1, 0.15) is 5.75 Å². The number of benzene rings is 2. The lowest BCUT2D eigenvalue weighted by atomic mass is 10.2. The highest BCUT2D eigenvalue weighted by Crippen LogP contribution is 2.32. The third-order valence-electron chi connectivity index (χ3n) is 3.87. The number of alkyl halides is 3. The van der Waals surface area contributed by atoms with E-state index in [2.05, 4.69) is 10.0 Å². The summed E-state index contributed by atoms with van der Waals surface area (Å²) in [7, 11) is -4.20. The summed E-state index contributed by atoms with van der Waals surface area (Å²) < 4.78 is 70.7. The standard InChI is InChI=1S/C19H20ClF3N2O4S/c1-2-3-9-24-18(26)12-29-17-8-7-15(11-16(17)20)30(27,28)25-14-6-4-5-13(10-14)19(21,22)23/h4-8,10-11,25H,2-3,9,12H2,1H3,(H,24,26). The van der Waals surface area contributed by atoms with Crippen LogP contribution in [0, 0.1) is 0 Å². The highest BCUT2D eigenvalue weighted by molar-refractivity contribution is 7.92. The largest absolute Gasteiger partial charge is 0.482 e. The Bertz CT molecular complexity index is 998. The molecule has 0 saturated carbocycles. The molecule has 2 aromatic rings. The Hall–Kier alpha value is -2.46. The Labute approximate surface area is 177 Å². The monoisotopic (exact) mass is 464 g/mol. The first-order valence-corrected chi connectivity index (χ1v) is 10.8. The molecule has 0 fully saturated rings. The summed E-state index contributed by atoms with van der Waals surface area (Å²) in [5.74, 6) is -0.247. The maximum Gasteiger partial charge on any atom is 0.416 e. The van der Waals surface area contributed by atoms with Crippen LogP contribution in [0.5, 0.6) is 5.75 Å². The van der Waals surface area contributed by atoms with Crippen LogP contribution in [-0.4, -0.2) is 27.5 Å². The number of sulfonamides is 1. The van der Waals surface area contributed by atoms with Gasteiger partial charge in [0.05, 0.1) is 15.5 Å². The SMILES string of the molecule is CCCCNC(=O)COc1ccc(S(=O)(=O)Nc2cccc(C(F)(F)F)c2)cc1Cl. The predicted octanol–water partition coefficient (Wildman–Crippen LogP) is 4.45. The van der Waals surface area contributed by atoms with Crippen LogP contribution in [0.3, 0.4) is 0 Å². The second-order valence-corrected chi connectivity index (χ2v) is 8.36. The molecule has 6 nitrogen and oxygen atoms in total. The van der Waals surface area contributed by atoms with Crippen molar-refractivity contribution in [1.82, 2.24) is 5.32 Å². The van der Waals surface area contributed by atoms with Crippen molar-refractivity contribution in [2.24, 2.45) is 0 Å². The van der Waals surface area contributed by atoms with Gasteiger partial charge < -0.3 is 10.1 Å². The third-order valence-corrected chi connectivity index (χ3v) is 5.54. The van der Waals surface area contributed by atoms with Crippen LogP contribution in [0.15, 0.2) is 47.4 Å². The van der Waals surface area contributed by atoms with E-state index in [1.807, 2.05) is 6.92 Å². The molecule has 0 radical (unpaired) electrons. The molecule has 2 N–H and O–H groups in total. The second-order valence-electron chi connectivity index (χ2n) is 6.27. The summed E-state index contributed by atoms with van der Waals surface area (Å²) >= 11 is 6.04. The summed E-state index contributed by atoms with van der Waals surface area (Å²) in [6, 6.07) is 7.34. The third kappa shape index (κ3) is 6.81. The molecule has 1 amide bonds. The Morgan fingerprint density at radius 1 is 1.17 bits per heavy atom. The Balaban J connectivity index is 2.08. The predicted molar refractivity (Wildman–Crippen MR) is 107 cm³/mol. The summed E-state index contributed by atoms with van der Waals surface area (Å²) in [5.41, 5.74) is -1.23. The van der Waals surface area contributed by atoms with Gasteiger partial charge in [0.15, 0.2) is 6.61 Å². The number of carbonyl (C=O) groups is 1. The molecule has 0 aromatic heterocycles. The van der Waals surface area contributed by atoms with Gasteiger partial charge in [0.2, 0.25) is 0 Å². The Kier molecular flexibility index (Phi) is 7.96. The lowest BCUT2D eigenvalue weighted by Crippen LogP contribution is -2.29. The molecule has 0 unspecified atom stereocenters. The molecule has 0 aliphatic heterocycles. The van der Waals surface area contributed by atoms with Crippen LogP contribution < -0.4 is 14.8 Å². The molecular formula is C19H20ClF3N2O4S. The van der Waals surface area contributed by atoms with Crippen molar-refractivity contribution in [3.63, 3.8) is 0 Å². The highest BCUT2D eigenvalue weighted by Gasteiger charge is 2.30. The quantitative estimate of drug-likeness (QED) is 0.537. The van der Waals surface area contributed by atoms with Gasteiger partial charge in [0.25, 0.3) is 15.9 Å². The number of amides is 1. The zero-order valence-corrected chi connectivity index (χ0v) is 17.5. The molecule has 0 saturated heterocycles. The van der Waals surface area contributed by atoms with E-state index >= 15 is 0 Å². The van der Waals surface area contributed by atoms with Crippen molar-refractivity contribution in [1.29, 1.82) is 0 Å². The van der Waals surface area contributed by atoms with Crippen molar-refractivity contribution in [3.05, 3.63) is 53.1 Å². The number of hydrogen-bond donors (Lipinski definition) is 2. The van der Waals surface area contributed by atoms with Crippen LogP contribution >= 0.6 is 11.6 Å². The van der Waals surface area contributed by atoms with E-state index in [0.717, 1.165) is 31.0 Å². The van der Waals surface area contributed by atoms with Gasteiger partial charge in [-0.2, -0.15) is 13.2 Å². The molecule has 2 aromatic carbocycles. The molecule has 164 valence electrons. The van der Waals surface area contributed by atoms with Gasteiger partial charge in [-0.1, -0.05) is 31.0 Å². The van der Waals surface area contributed by atoms with E-state index in [4.69, 9.17) is 16.3 Å². The van der Waals surface area contributed by atoms with Crippen molar-refractivity contribution < 1.29 is 31.1 Å². The molecule has 30 heavy (non-hydrogen) atoms. The van der Waals surface area contributed by atoms with E-state index in [9.17, 15) is 26.4 Å².